The minimum Gasteiger partial charge on any atom is -0.339 e. The maximum atomic E-state index is 10.7. The normalized spacial score (nSPS) is 11.1. The summed E-state index contributed by atoms with van der Waals surface area (Å²) in [4.78, 5) is 29.8. The van der Waals surface area contributed by atoms with Crippen molar-refractivity contribution in [3.05, 3.63) is 32.6 Å². The Morgan fingerprint density at radius 1 is 0.889 bits per heavy atom. The van der Waals surface area contributed by atoms with Crippen LogP contribution in [0.2, 0.25) is 0 Å². The van der Waals surface area contributed by atoms with Crippen LogP contribution in [-0.4, -0.2) is 39.8 Å². The molecule has 3 aromatic heterocycles. The molecular weight excluding hydrogens is 248 g/mol. The number of nitro groups is 2. The third kappa shape index (κ3) is 1.19. The van der Waals surface area contributed by atoms with Crippen molar-refractivity contribution in [2.24, 2.45) is 0 Å². The molecule has 12 heteroatoms. The molecule has 0 saturated carbocycles. The molecule has 0 aliphatic carbocycles. The smallest absolute Gasteiger partial charge is 0.253 e. The summed E-state index contributed by atoms with van der Waals surface area (Å²) in [6, 6.07) is 0. The summed E-state index contributed by atoms with van der Waals surface area (Å²) in [5.41, 5.74) is -0.0589. The van der Waals surface area contributed by atoms with Crippen LogP contribution in [-0.2, 0) is 0 Å². The van der Waals surface area contributed by atoms with Gasteiger partial charge in [-0.1, -0.05) is 0 Å². The maximum absolute atomic E-state index is 10.7. The quantitative estimate of drug-likeness (QED) is 0.426. The first kappa shape index (κ1) is 10.0. The topological polar surface area (TPSA) is 148 Å². The third-order valence-electron chi connectivity index (χ3n) is 2.18. The predicted octanol–water partition coefficient (Wildman–Crippen LogP) is -0.744. The van der Waals surface area contributed by atoms with Crippen molar-refractivity contribution in [3.63, 3.8) is 0 Å². The second-order valence-electron chi connectivity index (χ2n) is 3.18. The molecule has 0 fully saturated rings. The van der Waals surface area contributed by atoms with Gasteiger partial charge in [0.1, 0.15) is 0 Å². The van der Waals surface area contributed by atoms with E-state index in [4.69, 9.17) is 0 Å². The number of aromatic nitrogens is 6. The summed E-state index contributed by atoms with van der Waals surface area (Å²) < 4.78 is 0. The van der Waals surface area contributed by atoms with E-state index in [1.165, 1.54) is 0 Å². The van der Waals surface area contributed by atoms with Gasteiger partial charge in [0, 0.05) is 10.2 Å². The van der Waals surface area contributed by atoms with Gasteiger partial charge in [-0.05, 0) is 0 Å². The highest BCUT2D eigenvalue weighted by Gasteiger charge is 2.21. The fourth-order valence-corrected chi connectivity index (χ4v) is 1.48. The van der Waals surface area contributed by atoms with Crippen molar-refractivity contribution in [2.45, 2.75) is 0 Å². The number of hydrogen-bond acceptors (Lipinski definition) is 8. The Kier molecular flexibility index (Phi) is 1.76. The molecule has 0 spiro atoms. The Morgan fingerprint density at radius 3 is 1.72 bits per heavy atom. The van der Waals surface area contributed by atoms with Crippen LogP contribution >= 0.6 is 0 Å². The van der Waals surface area contributed by atoms with Gasteiger partial charge in [-0.3, -0.25) is 0 Å². The van der Waals surface area contributed by atoms with Gasteiger partial charge in [0.15, 0.2) is 23.4 Å². The van der Waals surface area contributed by atoms with Crippen molar-refractivity contribution < 1.29 is 10.1 Å². The second-order valence-corrected chi connectivity index (χ2v) is 3.18. The van der Waals surface area contributed by atoms with Crippen LogP contribution in [0.4, 0.5) is 0 Å². The van der Waals surface area contributed by atoms with E-state index < -0.39 is 10.1 Å². The number of fused-ring (bicyclic) bond motifs is 2. The lowest BCUT2D eigenvalue weighted by Crippen LogP contribution is -2.13. The van der Waals surface area contributed by atoms with Crippen molar-refractivity contribution in [1.82, 2.24) is 29.7 Å². The van der Waals surface area contributed by atoms with Crippen LogP contribution < -0.4 is 0 Å². The van der Waals surface area contributed by atoms with E-state index in [2.05, 4.69) is 20.2 Å². The summed E-state index contributed by atoms with van der Waals surface area (Å²) in [6.07, 6.45) is 2.29. The van der Waals surface area contributed by atoms with Crippen molar-refractivity contribution in [1.29, 1.82) is 0 Å². The lowest BCUT2D eigenvalue weighted by molar-refractivity contribution is -0.549. The van der Waals surface area contributed by atoms with Gasteiger partial charge in [-0.15, -0.1) is 0 Å². The van der Waals surface area contributed by atoms with Gasteiger partial charge >= 0.3 is 0 Å². The van der Waals surface area contributed by atoms with Gasteiger partial charge < -0.3 is 20.2 Å². The molecule has 0 aliphatic rings. The number of hydrogen-bond donors (Lipinski definition) is 0. The molecular formula is C6H2N8O4. The van der Waals surface area contributed by atoms with Gasteiger partial charge in [-0.2, -0.15) is 4.98 Å². The molecule has 0 atom stereocenters. The molecule has 90 valence electrons. The fraction of sp³-hybridized carbons (Fsp3) is 0. The van der Waals surface area contributed by atoms with Gasteiger partial charge in [0.25, 0.3) is 11.3 Å². The molecule has 0 N–H and O–H groups in total. The average molecular weight is 250 g/mol. The van der Waals surface area contributed by atoms with E-state index >= 15 is 0 Å². The van der Waals surface area contributed by atoms with Crippen LogP contribution in [0.3, 0.4) is 0 Å². The summed E-state index contributed by atoms with van der Waals surface area (Å²) in [6.45, 7) is 0. The Morgan fingerprint density at radius 2 is 1.33 bits per heavy atom. The van der Waals surface area contributed by atoms with Crippen molar-refractivity contribution in [3.8, 4) is 0 Å². The monoisotopic (exact) mass is 250 g/mol. The standard InChI is InChI=1S/C6H2N8O4/c15-13(16)11-5-3(1-7-11)9-4-2-8-12(14(17)18)6(4)10-5/h1-2H. The molecule has 3 rings (SSSR count). The van der Waals surface area contributed by atoms with Gasteiger partial charge in [0.2, 0.25) is 0 Å². The van der Waals surface area contributed by atoms with Crippen molar-refractivity contribution >= 4 is 22.3 Å². The molecule has 0 radical (unpaired) electrons. The van der Waals surface area contributed by atoms with Crippen molar-refractivity contribution in [2.75, 3.05) is 0 Å². The Labute approximate surface area is 95.7 Å². The predicted molar refractivity (Wildman–Crippen MR) is 53.4 cm³/mol. The first-order valence-electron chi connectivity index (χ1n) is 4.47. The molecule has 0 aliphatic heterocycles. The first-order chi connectivity index (χ1) is 8.58. The van der Waals surface area contributed by atoms with E-state index in [0.29, 0.717) is 9.58 Å². The van der Waals surface area contributed by atoms with Crippen LogP contribution in [0, 0.1) is 20.2 Å². The highest BCUT2D eigenvalue weighted by Crippen LogP contribution is 2.14. The van der Waals surface area contributed by atoms with E-state index in [9.17, 15) is 20.2 Å². The molecule has 3 aromatic rings. The molecule has 0 aromatic carbocycles. The van der Waals surface area contributed by atoms with Gasteiger partial charge in [-0.25, -0.2) is 4.98 Å². The van der Waals surface area contributed by atoms with E-state index in [-0.39, 0.29) is 22.3 Å². The number of rotatable bonds is 2. The summed E-state index contributed by atoms with van der Waals surface area (Å²) in [7, 11) is 0. The van der Waals surface area contributed by atoms with E-state index in [1.54, 1.807) is 0 Å². The molecule has 3 heterocycles. The fourth-order valence-electron chi connectivity index (χ4n) is 1.48. The van der Waals surface area contributed by atoms with E-state index in [1.807, 2.05) is 0 Å². The summed E-state index contributed by atoms with van der Waals surface area (Å²) in [5.74, 6) is 0. The first-order valence-corrected chi connectivity index (χ1v) is 4.47. The molecule has 12 nitrogen and oxygen atoms in total. The van der Waals surface area contributed by atoms with Crippen LogP contribution in [0.15, 0.2) is 12.4 Å². The Bertz CT molecular complexity index is 739. The summed E-state index contributed by atoms with van der Waals surface area (Å²) >= 11 is 0. The highest BCUT2D eigenvalue weighted by molar-refractivity contribution is 5.81. The molecule has 0 amide bonds. The lowest BCUT2D eigenvalue weighted by atomic mass is 10.5. The molecule has 0 unspecified atom stereocenters. The third-order valence-corrected chi connectivity index (χ3v) is 2.18. The summed E-state index contributed by atoms with van der Waals surface area (Å²) in [5, 5.41) is 26.6. The minimum atomic E-state index is -0.810. The molecule has 0 bridgehead atoms. The van der Waals surface area contributed by atoms with Gasteiger partial charge in [0.05, 0.1) is 19.6 Å². The Balaban J connectivity index is 2.42. The SMILES string of the molecule is O=[N+]([O-])n1ncc2nc3cnn([N+](=O)[O-])c3nc21. The van der Waals surface area contributed by atoms with Crippen LogP contribution in [0.25, 0.3) is 22.3 Å². The largest absolute Gasteiger partial charge is 0.339 e. The van der Waals surface area contributed by atoms with Crippen LogP contribution in [0.5, 0.6) is 0 Å². The minimum absolute atomic E-state index is 0.155. The van der Waals surface area contributed by atoms with Crippen LogP contribution in [0.1, 0.15) is 0 Å². The lowest BCUT2D eigenvalue weighted by Gasteiger charge is -1.94. The molecule has 18 heavy (non-hydrogen) atoms. The zero-order valence-corrected chi connectivity index (χ0v) is 8.37. The maximum Gasteiger partial charge on any atom is 0.253 e. The zero-order valence-electron chi connectivity index (χ0n) is 8.37. The second kappa shape index (κ2) is 3.16. The number of nitrogens with zero attached hydrogens (tertiary/aromatic N) is 8. The van der Waals surface area contributed by atoms with E-state index in [0.717, 1.165) is 12.4 Å². The highest BCUT2D eigenvalue weighted by atomic mass is 16.7. The molecule has 0 saturated heterocycles. The zero-order chi connectivity index (χ0) is 12.9. The Hall–Kier alpha value is -3.18. The average Bonchev–Trinajstić information content (AvgIpc) is 2.87.